The van der Waals surface area contributed by atoms with Crippen LogP contribution in [0.4, 0.5) is 5.69 Å². The van der Waals surface area contributed by atoms with E-state index in [2.05, 4.69) is 0 Å². The van der Waals surface area contributed by atoms with Gasteiger partial charge in [0.15, 0.2) is 9.84 Å². The molecule has 8 heteroatoms. The minimum absolute atomic E-state index is 0.0536. The van der Waals surface area contributed by atoms with E-state index in [0.717, 1.165) is 5.56 Å². The number of sulfone groups is 1. The summed E-state index contributed by atoms with van der Waals surface area (Å²) in [5.41, 5.74) is 1.51. The quantitative estimate of drug-likeness (QED) is 0.534. The maximum absolute atomic E-state index is 12.4. The van der Waals surface area contributed by atoms with Crippen molar-refractivity contribution in [2.75, 3.05) is 12.8 Å². The first kappa shape index (κ1) is 20.6. The molecule has 0 unspecified atom stereocenters. The number of hydrogen-bond donors (Lipinski definition) is 0. The van der Waals surface area contributed by atoms with E-state index >= 15 is 0 Å². The predicted molar refractivity (Wildman–Crippen MR) is 102 cm³/mol. The smallest absolute Gasteiger partial charge is 0.269 e. The number of nitrogens with zero attached hydrogens (tertiary/aromatic N) is 2. The summed E-state index contributed by atoms with van der Waals surface area (Å²) in [5, 5.41) is 10.9. The van der Waals surface area contributed by atoms with Gasteiger partial charge in [0.25, 0.3) is 5.69 Å². The van der Waals surface area contributed by atoms with Crippen molar-refractivity contribution in [3.05, 3.63) is 69.8 Å². The molecule has 1 atom stereocenters. The van der Waals surface area contributed by atoms with E-state index < -0.39 is 20.8 Å². The number of nitro benzene ring substituents is 1. The molecule has 7 nitrogen and oxygen atoms in total. The fourth-order valence-corrected chi connectivity index (χ4v) is 3.83. The van der Waals surface area contributed by atoms with Gasteiger partial charge in [0.1, 0.15) is 0 Å². The normalized spacial score (nSPS) is 12.4. The van der Waals surface area contributed by atoms with Gasteiger partial charge in [0, 0.05) is 25.6 Å². The average molecular weight is 390 g/mol. The Hall–Kier alpha value is -2.74. The fraction of sp³-hybridized carbons (Fsp3) is 0.316. The van der Waals surface area contributed by atoms with E-state index in [1.165, 1.54) is 29.2 Å². The molecule has 0 spiro atoms. The van der Waals surface area contributed by atoms with Crippen molar-refractivity contribution in [3.63, 3.8) is 0 Å². The summed E-state index contributed by atoms with van der Waals surface area (Å²) in [6.45, 7) is 3.61. The first-order valence-corrected chi connectivity index (χ1v) is 10.1. The van der Waals surface area contributed by atoms with E-state index in [1.807, 2.05) is 6.92 Å². The topological polar surface area (TPSA) is 97.6 Å². The minimum atomic E-state index is -3.55. The number of benzene rings is 2. The molecule has 27 heavy (non-hydrogen) atoms. The third kappa shape index (κ3) is 5.13. The molecule has 0 aromatic heterocycles. The Balaban J connectivity index is 2.05. The second-order valence-electron chi connectivity index (χ2n) is 6.41. The van der Waals surface area contributed by atoms with Crippen LogP contribution in [0, 0.1) is 17.0 Å². The van der Waals surface area contributed by atoms with E-state index in [0.29, 0.717) is 5.56 Å². The molecule has 2 rings (SSSR count). The largest absolute Gasteiger partial charge is 0.339 e. The molecule has 0 aliphatic heterocycles. The Labute approximate surface area is 158 Å². The Morgan fingerprint density at radius 2 is 1.81 bits per heavy atom. The Kier molecular flexibility index (Phi) is 6.32. The first-order valence-electron chi connectivity index (χ1n) is 8.41. The number of non-ortho nitro benzene ring substituents is 1. The molecule has 0 N–H and O–H groups in total. The van der Waals surface area contributed by atoms with E-state index in [1.54, 1.807) is 38.2 Å². The maximum atomic E-state index is 12.4. The van der Waals surface area contributed by atoms with Crippen molar-refractivity contribution in [1.82, 2.24) is 4.90 Å². The summed E-state index contributed by atoms with van der Waals surface area (Å²) in [5.74, 6) is -0.634. The van der Waals surface area contributed by atoms with Crippen LogP contribution in [0.25, 0.3) is 0 Å². The summed E-state index contributed by atoms with van der Waals surface area (Å²) < 4.78 is 24.8. The highest BCUT2D eigenvalue weighted by atomic mass is 32.2. The lowest BCUT2D eigenvalue weighted by Crippen LogP contribution is -2.31. The third-order valence-electron chi connectivity index (χ3n) is 4.50. The molecule has 0 bridgehead atoms. The van der Waals surface area contributed by atoms with Crippen molar-refractivity contribution < 1.29 is 18.1 Å². The zero-order valence-corrected chi connectivity index (χ0v) is 16.3. The van der Waals surface area contributed by atoms with Crippen LogP contribution in [-0.4, -0.2) is 36.9 Å². The van der Waals surface area contributed by atoms with Crippen molar-refractivity contribution in [3.8, 4) is 0 Å². The summed E-state index contributed by atoms with van der Waals surface area (Å²) in [7, 11) is -1.99. The van der Waals surface area contributed by atoms with Gasteiger partial charge >= 0.3 is 0 Å². The summed E-state index contributed by atoms with van der Waals surface area (Å²) in [4.78, 5) is 24.4. The molecule has 0 aliphatic carbocycles. The SMILES string of the molecule is Cc1ccc(S(=O)(=O)CCC(=O)N(C)[C@@H](C)c2cccc([N+](=O)[O-])c2)cc1. The molecule has 2 aromatic carbocycles. The summed E-state index contributed by atoms with van der Waals surface area (Å²) >= 11 is 0. The zero-order valence-electron chi connectivity index (χ0n) is 15.5. The summed E-state index contributed by atoms with van der Waals surface area (Å²) in [6.07, 6.45) is -0.161. The molecule has 0 aliphatic rings. The van der Waals surface area contributed by atoms with Crippen LogP contribution in [0.15, 0.2) is 53.4 Å². The van der Waals surface area contributed by atoms with Crippen LogP contribution < -0.4 is 0 Å². The lowest BCUT2D eigenvalue weighted by Gasteiger charge is -2.25. The molecule has 0 radical (unpaired) electrons. The predicted octanol–water partition coefficient (Wildman–Crippen LogP) is 3.29. The highest BCUT2D eigenvalue weighted by molar-refractivity contribution is 7.91. The second kappa shape index (κ2) is 8.30. The van der Waals surface area contributed by atoms with Crippen LogP contribution in [0.2, 0.25) is 0 Å². The number of carbonyl (C=O) groups excluding carboxylic acids is 1. The van der Waals surface area contributed by atoms with Gasteiger partial charge in [-0.25, -0.2) is 8.42 Å². The Bertz CT molecular complexity index is 939. The van der Waals surface area contributed by atoms with Gasteiger partial charge in [-0.1, -0.05) is 29.8 Å². The summed E-state index contributed by atoms with van der Waals surface area (Å²) in [6, 6.07) is 12.1. The zero-order chi connectivity index (χ0) is 20.2. The molecule has 1 amide bonds. The van der Waals surface area contributed by atoms with E-state index in [9.17, 15) is 23.3 Å². The molecular formula is C19H22N2O5S. The van der Waals surface area contributed by atoms with Crippen molar-refractivity contribution in [1.29, 1.82) is 0 Å². The molecule has 0 fully saturated rings. The van der Waals surface area contributed by atoms with Crippen LogP contribution in [0.5, 0.6) is 0 Å². The van der Waals surface area contributed by atoms with Gasteiger partial charge in [-0.15, -0.1) is 0 Å². The monoisotopic (exact) mass is 390 g/mol. The number of nitro groups is 1. The van der Waals surface area contributed by atoms with Gasteiger partial charge < -0.3 is 4.90 Å². The Morgan fingerprint density at radius 3 is 2.41 bits per heavy atom. The molecule has 0 saturated heterocycles. The average Bonchev–Trinajstić information content (AvgIpc) is 2.65. The molecule has 144 valence electrons. The minimum Gasteiger partial charge on any atom is -0.339 e. The van der Waals surface area contributed by atoms with Crippen molar-refractivity contribution in [2.45, 2.75) is 31.2 Å². The number of rotatable bonds is 7. The van der Waals surface area contributed by atoms with E-state index in [-0.39, 0.29) is 28.7 Å². The van der Waals surface area contributed by atoms with Crippen molar-refractivity contribution in [2.24, 2.45) is 0 Å². The van der Waals surface area contributed by atoms with Crippen LogP contribution >= 0.6 is 0 Å². The van der Waals surface area contributed by atoms with E-state index in [4.69, 9.17) is 0 Å². The second-order valence-corrected chi connectivity index (χ2v) is 8.52. The molecular weight excluding hydrogens is 368 g/mol. The van der Waals surface area contributed by atoms with Gasteiger partial charge in [-0.05, 0) is 31.5 Å². The standard InChI is InChI=1S/C19H22N2O5S/c1-14-7-9-18(10-8-14)27(25,26)12-11-19(22)20(3)15(2)16-5-4-6-17(13-16)21(23)24/h4-10,13,15H,11-12H2,1-3H3/t15-/m0/s1. The molecule has 0 heterocycles. The number of amides is 1. The molecule has 2 aromatic rings. The maximum Gasteiger partial charge on any atom is 0.269 e. The van der Waals surface area contributed by atoms with Crippen LogP contribution in [0.1, 0.15) is 30.5 Å². The van der Waals surface area contributed by atoms with Crippen LogP contribution in [-0.2, 0) is 14.6 Å². The van der Waals surface area contributed by atoms with Gasteiger partial charge in [-0.2, -0.15) is 0 Å². The highest BCUT2D eigenvalue weighted by Gasteiger charge is 2.22. The molecule has 0 saturated carbocycles. The highest BCUT2D eigenvalue weighted by Crippen LogP contribution is 2.24. The fourth-order valence-electron chi connectivity index (χ4n) is 2.60. The lowest BCUT2D eigenvalue weighted by atomic mass is 10.1. The number of carbonyl (C=O) groups is 1. The van der Waals surface area contributed by atoms with Gasteiger partial charge in [0.2, 0.25) is 5.91 Å². The number of aryl methyl sites for hydroxylation is 1. The number of hydrogen-bond acceptors (Lipinski definition) is 5. The van der Waals surface area contributed by atoms with Crippen LogP contribution in [0.3, 0.4) is 0 Å². The third-order valence-corrected chi connectivity index (χ3v) is 6.23. The van der Waals surface area contributed by atoms with Crippen molar-refractivity contribution >= 4 is 21.4 Å². The lowest BCUT2D eigenvalue weighted by molar-refractivity contribution is -0.384. The van der Waals surface area contributed by atoms with Gasteiger partial charge in [0.05, 0.1) is 21.6 Å². The Morgan fingerprint density at radius 1 is 1.19 bits per heavy atom. The van der Waals surface area contributed by atoms with Gasteiger partial charge in [-0.3, -0.25) is 14.9 Å². The first-order chi connectivity index (χ1) is 12.6.